The molecule has 1 unspecified atom stereocenters. The number of rotatable bonds is 5. The van der Waals surface area contributed by atoms with E-state index < -0.39 is 0 Å². The zero-order valence-electron chi connectivity index (χ0n) is 17.0. The van der Waals surface area contributed by atoms with Gasteiger partial charge in [-0.3, -0.25) is 0 Å². The van der Waals surface area contributed by atoms with Gasteiger partial charge in [0.05, 0.1) is 17.0 Å². The average Bonchev–Trinajstić information content (AvgIpc) is 3.04. The van der Waals surface area contributed by atoms with Crippen molar-refractivity contribution in [3.8, 4) is 17.0 Å². The first-order valence-corrected chi connectivity index (χ1v) is 9.88. The maximum absolute atomic E-state index is 10.8. The molecule has 2 aromatic heterocycles. The van der Waals surface area contributed by atoms with Crippen molar-refractivity contribution in [2.75, 3.05) is 0 Å². The molecule has 0 saturated heterocycles. The van der Waals surface area contributed by atoms with E-state index in [1.807, 2.05) is 50.2 Å². The molecule has 5 nitrogen and oxygen atoms in total. The Hall–Kier alpha value is -3.34. The summed E-state index contributed by atoms with van der Waals surface area (Å²) in [6.45, 7) is 9.78. The van der Waals surface area contributed by atoms with Gasteiger partial charge in [-0.05, 0) is 50.1 Å². The molecule has 0 aliphatic rings. The van der Waals surface area contributed by atoms with Gasteiger partial charge in [-0.1, -0.05) is 38.1 Å². The number of aryl methyl sites for hydroxylation is 2. The molecule has 2 heterocycles. The molecule has 0 spiro atoms. The van der Waals surface area contributed by atoms with Crippen molar-refractivity contribution in [2.45, 2.75) is 39.5 Å². The van der Waals surface area contributed by atoms with Crippen LogP contribution >= 0.6 is 0 Å². The summed E-state index contributed by atoms with van der Waals surface area (Å²) in [5.41, 5.74) is 5.59. The minimum atomic E-state index is -0.292. The van der Waals surface area contributed by atoms with Gasteiger partial charge < -0.3 is 10.2 Å². The molecule has 2 N–H and O–H groups in total. The molecule has 2 aromatic carbocycles. The van der Waals surface area contributed by atoms with Gasteiger partial charge in [0.15, 0.2) is 5.65 Å². The number of phenolic OH excluding ortho intramolecular Hbond substituents is 1. The lowest BCUT2D eigenvalue weighted by Gasteiger charge is -2.22. The van der Waals surface area contributed by atoms with Gasteiger partial charge >= 0.3 is 0 Å². The average molecular weight is 387 g/mol. The van der Waals surface area contributed by atoms with E-state index in [2.05, 4.69) is 13.5 Å². The lowest BCUT2D eigenvalue weighted by molar-refractivity contribution is 0.360. The van der Waals surface area contributed by atoms with Crippen LogP contribution in [0.3, 0.4) is 0 Å². The molecule has 4 aromatic rings. The zero-order chi connectivity index (χ0) is 20.7. The van der Waals surface area contributed by atoms with Crippen LogP contribution < -0.4 is 0 Å². The van der Waals surface area contributed by atoms with Crippen LogP contribution in [0.1, 0.15) is 42.5 Å². The van der Waals surface area contributed by atoms with Crippen LogP contribution in [0, 0.1) is 13.8 Å². The fourth-order valence-corrected chi connectivity index (χ4v) is 4.07. The van der Waals surface area contributed by atoms with Gasteiger partial charge in [0.1, 0.15) is 5.75 Å². The molecule has 0 fully saturated rings. The summed E-state index contributed by atoms with van der Waals surface area (Å²) in [7, 11) is 0. The maximum Gasteiger partial charge on any atom is 0.163 e. The summed E-state index contributed by atoms with van der Waals surface area (Å²) in [6, 6.07) is 13.5. The van der Waals surface area contributed by atoms with Crippen LogP contribution in [0.4, 0.5) is 0 Å². The first-order valence-electron chi connectivity index (χ1n) is 9.88. The van der Waals surface area contributed by atoms with Crippen LogP contribution in [0.15, 0.2) is 54.8 Å². The molecule has 0 radical (unpaired) electrons. The van der Waals surface area contributed by atoms with E-state index in [9.17, 15) is 10.2 Å². The Labute approximate surface area is 170 Å². The van der Waals surface area contributed by atoms with E-state index in [1.54, 1.807) is 10.6 Å². The third kappa shape index (κ3) is 3.12. The highest BCUT2D eigenvalue weighted by molar-refractivity contribution is 5.93. The summed E-state index contributed by atoms with van der Waals surface area (Å²) in [5.74, 6) is -0.0166. The number of allylic oxidation sites excluding steroid dienone is 1. The van der Waals surface area contributed by atoms with Crippen molar-refractivity contribution in [1.29, 1.82) is 0 Å². The summed E-state index contributed by atoms with van der Waals surface area (Å²) in [4.78, 5) is 4.85. The number of fused-ring (bicyclic) bond motifs is 3. The minimum Gasteiger partial charge on any atom is -0.512 e. The van der Waals surface area contributed by atoms with E-state index in [0.29, 0.717) is 5.56 Å². The maximum atomic E-state index is 10.8. The van der Waals surface area contributed by atoms with Gasteiger partial charge in [0, 0.05) is 28.1 Å². The molecule has 5 heteroatoms. The Morgan fingerprint density at radius 1 is 1.17 bits per heavy atom. The van der Waals surface area contributed by atoms with Crippen molar-refractivity contribution in [3.63, 3.8) is 0 Å². The molecule has 29 heavy (non-hydrogen) atoms. The van der Waals surface area contributed by atoms with Crippen LogP contribution in [0.25, 0.3) is 27.8 Å². The molecular weight excluding hydrogens is 362 g/mol. The quantitative estimate of drug-likeness (QED) is 0.423. The van der Waals surface area contributed by atoms with Crippen LogP contribution in [0.5, 0.6) is 5.75 Å². The molecule has 0 saturated carbocycles. The minimum absolute atomic E-state index is 0.0978. The number of hydrogen-bond donors (Lipinski definition) is 2. The Bertz CT molecular complexity index is 1240. The molecule has 4 rings (SSSR count). The van der Waals surface area contributed by atoms with Gasteiger partial charge in [-0.25, -0.2) is 9.50 Å². The monoisotopic (exact) mass is 387 g/mol. The molecule has 0 aliphatic heterocycles. The molecule has 0 bridgehead atoms. The van der Waals surface area contributed by atoms with E-state index in [1.165, 1.54) is 0 Å². The second kappa shape index (κ2) is 7.24. The molecular formula is C24H25N3O2. The fourth-order valence-electron chi connectivity index (χ4n) is 4.07. The van der Waals surface area contributed by atoms with Crippen LogP contribution in [0.2, 0.25) is 0 Å². The Morgan fingerprint density at radius 3 is 2.62 bits per heavy atom. The Balaban J connectivity index is 2.18. The zero-order valence-corrected chi connectivity index (χ0v) is 17.0. The van der Waals surface area contributed by atoms with Gasteiger partial charge in [0.2, 0.25) is 0 Å². The summed E-state index contributed by atoms with van der Waals surface area (Å²) < 4.78 is 1.79. The lowest BCUT2D eigenvalue weighted by atomic mass is 9.88. The normalized spacial score (nSPS) is 12.5. The fraction of sp³-hybridized carbons (Fsp3) is 0.250. The highest BCUT2D eigenvalue weighted by Gasteiger charge is 2.27. The predicted octanol–water partition coefficient (Wildman–Crippen LogP) is 5.83. The third-order valence-electron chi connectivity index (χ3n) is 5.42. The van der Waals surface area contributed by atoms with E-state index in [4.69, 9.17) is 10.1 Å². The van der Waals surface area contributed by atoms with E-state index >= 15 is 0 Å². The van der Waals surface area contributed by atoms with E-state index in [-0.39, 0.29) is 17.4 Å². The molecule has 148 valence electrons. The standard InChI is InChI=1S/C24H25N3O2/c1-5-8-17(16(4)28)22-15(3)25-24-18-9-6-7-10-20(18)26-27(24)23(22)19-12-11-14(2)13-21(19)29/h6-7,9-13,17,28-29H,4-5,8H2,1-3H3. The van der Waals surface area contributed by atoms with Crippen molar-refractivity contribution in [3.05, 3.63) is 71.6 Å². The van der Waals surface area contributed by atoms with Crippen LogP contribution in [-0.2, 0) is 0 Å². The largest absolute Gasteiger partial charge is 0.512 e. The SMILES string of the molecule is C=C(O)C(CCC)c1c(C)nc2c3ccccc3nn2c1-c1ccc(C)cc1O. The number of aliphatic hydroxyl groups is 1. The molecule has 0 aliphatic carbocycles. The third-order valence-corrected chi connectivity index (χ3v) is 5.42. The van der Waals surface area contributed by atoms with Crippen molar-refractivity contribution >= 4 is 16.6 Å². The first kappa shape index (κ1) is 19.0. The number of benzene rings is 2. The second-order valence-corrected chi connectivity index (χ2v) is 7.57. The molecule has 1 atom stereocenters. The topological polar surface area (TPSA) is 70.7 Å². The number of aromatic hydroxyl groups is 1. The lowest BCUT2D eigenvalue weighted by Crippen LogP contribution is -2.12. The van der Waals surface area contributed by atoms with E-state index in [0.717, 1.165) is 51.9 Å². The smallest absolute Gasteiger partial charge is 0.163 e. The number of aliphatic hydroxyl groups excluding tert-OH is 1. The van der Waals surface area contributed by atoms with Crippen molar-refractivity contribution < 1.29 is 10.2 Å². The number of phenols is 1. The second-order valence-electron chi connectivity index (χ2n) is 7.57. The first-order chi connectivity index (χ1) is 13.9. The molecule has 0 amide bonds. The summed E-state index contributed by atoms with van der Waals surface area (Å²) in [6.07, 6.45) is 1.60. The number of aromatic nitrogens is 3. The Morgan fingerprint density at radius 2 is 1.93 bits per heavy atom. The van der Waals surface area contributed by atoms with Gasteiger partial charge in [-0.2, -0.15) is 5.10 Å². The Kier molecular flexibility index (Phi) is 4.74. The number of nitrogens with zero attached hydrogens (tertiary/aromatic N) is 3. The van der Waals surface area contributed by atoms with Crippen molar-refractivity contribution in [1.82, 2.24) is 14.6 Å². The van der Waals surface area contributed by atoms with Crippen molar-refractivity contribution in [2.24, 2.45) is 0 Å². The number of hydrogen-bond acceptors (Lipinski definition) is 4. The highest BCUT2D eigenvalue weighted by Crippen LogP contribution is 2.41. The predicted molar refractivity (Wildman–Crippen MR) is 116 cm³/mol. The summed E-state index contributed by atoms with van der Waals surface area (Å²) in [5, 5.41) is 26.9. The highest BCUT2D eigenvalue weighted by atomic mass is 16.3. The van der Waals surface area contributed by atoms with Gasteiger partial charge in [0.25, 0.3) is 0 Å². The summed E-state index contributed by atoms with van der Waals surface area (Å²) >= 11 is 0. The van der Waals surface area contributed by atoms with Gasteiger partial charge in [-0.15, -0.1) is 0 Å². The van der Waals surface area contributed by atoms with Crippen LogP contribution in [-0.4, -0.2) is 24.8 Å².